The normalized spacial score (nSPS) is 18.2. The minimum absolute atomic E-state index is 0.0962. The van der Waals surface area contributed by atoms with Crippen LogP contribution in [0.4, 0.5) is 0 Å². The number of H-pyrrole nitrogens is 1. The number of aliphatic hydroxyl groups excluding tert-OH is 2. The Morgan fingerprint density at radius 3 is 1.78 bits per heavy atom. The number of nitrogens with one attached hydrogen (secondary N) is 1. The molecule has 2 aromatic carbocycles. The number of carbonyl (C=O) groups is 2. The zero-order chi connectivity index (χ0) is 26.7. The third kappa shape index (κ3) is 8.29. The van der Waals surface area contributed by atoms with Gasteiger partial charge in [0.15, 0.2) is 0 Å². The Hall–Kier alpha value is -3.54. The SMILES string of the molecule is O=C(O)c1ccccc1.O=C(O)c1ccccc1.O=c1[nH]c(=O)n([C@H]2C[C@@H](CO)[C@H](O)C2)cc1CBr. The Kier molecular flexibility index (Phi) is 11.3. The molecule has 3 aromatic rings. The average molecular weight is 563 g/mol. The molecule has 0 amide bonds. The molecule has 1 aromatic heterocycles. The number of aromatic carboxylic acids is 2. The van der Waals surface area contributed by atoms with Gasteiger partial charge in [0.25, 0.3) is 5.56 Å². The van der Waals surface area contributed by atoms with Crippen molar-refractivity contribution in [3.63, 3.8) is 0 Å². The number of halogens is 1. The number of aromatic amines is 1. The zero-order valence-corrected chi connectivity index (χ0v) is 20.7. The van der Waals surface area contributed by atoms with Gasteiger partial charge in [-0.05, 0) is 37.1 Å². The maximum atomic E-state index is 11.7. The Morgan fingerprint density at radius 1 is 0.917 bits per heavy atom. The monoisotopic (exact) mass is 562 g/mol. The van der Waals surface area contributed by atoms with Crippen LogP contribution in [-0.2, 0) is 5.33 Å². The lowest BCUT2D eigenvalue weighted by Gasteiger charge is -2.13. The number of aromatic nitrogens is 2. The lowest BCUT2D eigenvalue weighted by Crippen LogP contribution is -2.33. The van der Waals surface area contributed by atoms with Crippen LogP contribution < -0.4 is 11.2 Å². The van der Waals surface area contributed by atoms with Crippen LogP contribution in [0, 0.1) is 5.92 Å². The third-order valence-electron chi connectivity index (χ3n) is 5.49. The topological polar surface area (TPSA) is 170 Å². The van der Waals surface area contributed by atoms with Gasteiger partial charge in [0.1, 0.15) is 0 Å². The fourth-order valence-electron chi connectivity index (χ4n) is 3.55. The number of aliphatic hydroxyl groups is 2. The molecule has 3 atom stereocenters. The molecule has 0 saturated heterocycles. The highest BCUT2D eigenvalue weighted by Crippen LogP contribution is 2.33. The number of hydrogen-bond acceptors (Lipinski definition) is 6. The van der Waals surface area contributed by atoms with Crippen molar-refractivity contribution in [3.8, 4) is 0 Å². The highest BCUT2D eigenvalue weighted by molar-refractivity contribution is 9.08. The minimum Gasteiger partial charge on any atom is -0.478 e. The van der Waals surface area contributed by atoms with Crippen LogP contribution >= 0.6 is 15.9 Å². The standard InChI is InChI=1S/C11H15BrN2O4.2C7H6O2/c12-3-7-4-14(11(18)13-10(7)17)8-1-6(5-15)9(16)2-8;2*8-7(9)6-4-2-1-3-5-6/h4,6,8-9,15-16H,1-3,5H2,(H,13,17,18);2*1-5H,(H,8,9)/t6-,8-,9+;;/m0../s1. The van der Waals surface area contributed by atoms with Gasteiger partial charge in [-0.15, -0.1) is 0 Å². The van der Waals surface area contributed by atoms with Gasteiger partial charge in [-0.1, -0.05) is 52.3 Å². The largest absolute Gasteiger partial charge is 0.478 e. The first-order valence-electron chi connectivity index (χ1n) is 10.9. The van der Waals surface area contributed by atoms with Crippen LogP contribution in [0.25, 0.3) is 0 Å². The van der Waals surface area contributed by atoms with E-state index in [0.29, 0.717) is 34.9 Å². The lowest BCUT2D eigenvalue weighted by atomic mass is 10.1. The second-order valence-electron chi connectivity index (χ2n) is 7.93. The number of rotatable bonds is 5. The molecule has 1 heterocycles. The van der Waals surface area contributed by atoms with Crippen LogP contribution in [0.1, 0.15) is 45.2 Å². The van der Waals surface area contributed by atoms with Crippen LogP contribution in [0.5, 0.6) is 0 Å². The van der Waals surface area contributed by atoms with E-state index >= 15 is 0 Å². The van der Waals surface area contributed by atoms with Crippen molar-refractivity contribution in [1.29, 1.82) is 0 Å². The van der Waals surface area contributed by atoms with Crippen LogP contribution in [0.15, 0.2) is 76.4 Å². The molecule has 0 bridgehead atoms. The van der Waals surface area contributed by atoms with E-state index in [0.717, 1.165) is 0 Å². The molecule has 0 unspecified atom stereocenters. The summed E-state index contributed by atoms with van der Waals surface area (Å²) < 4.78 is 1.44. The summed E-state index contributed by atoms with van der Waals surface area (Å²) in [6.45, 7) is -0.0962. The summed E-state index contributed by atoms with van der Waals surface area (Å²) in [7, 11) is 0. The van der Waals surface area contributed by atoms with E-state index in [2.05, 4.69) is 20.9 Å². The van der Waals surface area contributed by atoms with Gasteiger partial charge in [0.05, 0.1) is 17.2 Å². The summed E-state index contributed by atoms with van der Waals surface area (Å²) in [4.78, 5) is 45.8. The van der Waals surface area contributed by atoms with Crippen LogP contribution in [0.2, 0.25) is 0 Å². The number of carboxylic acid groups (broad SMARTS) is 2. The molecule has 5 N–H and O–H groups in total. The molecule has 1 fully saturated rings. The summed E-state index contributed by atoms with van der Waals surface area (Å²) in [5.74, 6) is -1.97. The highest BCUT2D eigenvalue weighted by Gasteiger charge is 2.34. The number of nitrogens with zero attached hydrogens (tertiary/aromatic N) is 1. The maximum Gasteiger partial charge on any atom is 0.335 e. The first-order valence-corrected chi connectivity index (χ1v) is 12.1. The maximum absolute atomic E-state index is 11.7. The highest BCUT2D eigenvalue weighted by atomic mass is 79.9. The molecule has 36 heavy (non-hydrogen) atoms. The molecule has 10 nitrogen and oxygen atoms in total. The van der Waals surface area contributed by atoms with E-state index in [1.165, 1.54) is 10.8 Å². The first-order chi connectivity index (χ1) is 17.2. The van der Waals surface area contributed by atoms with Gasteiger partial charge in [-0.2, -0.15) is 0 Å². The van der Waals surface area contributed by atoms with E-state index in [1.807, 2.05) is 0 Å². The van der Waals surface area contributed by atoms with Crippen molar-refractivity contribution in [3.05, 3.63) is 104 Å². The molecule has 192 valence electrons. The van der Waals surface area contributed by atoms with Crippen molar-refractivity contribution in [1.82, 2.24) is 9.55 Å². The second kappa shape index (κ2) is 14.1. The first kappa shape index (κ1) is 28.7. The Balaban J connectivity index is 0.000000212. The van der Waals surface area contributed by atoms with Gasteiger partial charge in [0, 0.05) is 35.7 Å². The number of carboxylic acids is 2. The predicted molar refractivity (Wildman–Crippen MR) is 136 cm³/mol. The molecule has 0 spiro atoms. The van der Waals surface area contributed by atoms with Crippen molar-refractivity contribution >= 4 is 27.9 Å². The molecular formula is C25H27BrN2O8. The van der Waals surface area contributed by atoms with Gasteiger partial charge in [0.2, 0.25) is 0 Å². The smallest absolute Gasteiger partial charge is 0.335 e. The number of alkyl halides is 1. The average Bonchev–Trinajstić information content (AvgIpc) is 3.26. The van der Waals surface area contributed by atoms with Crippen LogP contribution in [0.3, 0.4) is 0 Å². The van der Waals surface area contributed by atoms with Gasteiger partial charge >= 0.3 is 17.6 Å². The molecule has 11 heteroatoms. The molecule has 4 rings (SSSR count). The Labute approximate surface area is 214 Å². The summed E-state index contributed by atoms with van der Waals surface area (Å²) in [5.41, 5.74) is 0.261. The van der Waals surface area contributed by atoms with E-state index in [4.69, 9.17) is 15.3 Å². The molecule has 0 radical (unpaired) electrons. The Bertz CT molecular complexity index is 1190. The van der Waals surface area contributed by atoms with Gasteiger partial charge < -0.3 is 20.4 Å². The zero-order valence-electron chi connectivity index (χ0n) is 19.2. The van der Waals surface area contributed by atoms with Crippen molar-refractivity contribution in [2.75, 3.05) is 6.61 Å². The van der Waals surface area contributed by atoms with Crippen molar-refractivity contribution < 1.29 is 30.0 Å². The van der Waals surface area contributed by atoms with Crippen molar-refractivity contribution in [2.24, 2.45) is 5.92 Å². The Morgan fingerprint density at radius 2 is 1.42 bits per heavy atom. The fraction of sp³-hybridized carbons (Fsp3) is 0.280. The second-order valence-corrected chi connectivity index (χ2v) is 8.49. The quantitative estimate of drug-likeness (QED) is 0.295. The van der Waals surface area contributed by atoms with E-state index in [9.17, 15) is 24.3 Å². The van der Waals surface area contributed by atoms with Crippen molar-refractivity contribution in [2.45, 2.75) is 30.3 Å². The summed E-state index contributed by atoms with van der Waals surface area (Å²) in [6.07, 6.45) is 1.86. The minimum atomic E-state index is -0.879. The van der Waals surface area contributed by atoms with E-state index in [1.54, 1.807) is 60.7 Å². The lowest BCUT2D eigenvalue weighted by molar-refractivity contribution is 0.0686. The number of benzene rings is 2. The van der Waals surface area contributed by atoms with Gasteiger partial charge in [-0.3, -0.25) is 14.3 Å². The van der Waals surface area contributed by atoms with E-state index < -0.39 is 29.3 Å². The summed E-state index contributed by atoms with van der Waals surface area (Å²) >= 11 is 3.19. The molecule has 0 aliphatic heterocycles. The van der Waals surface area contributed by atoms with E-state index in [-0.39, 0.29) is 18.6 Å². The van der Waals surface area contributed by atoms with Gasteiger partial charge in [-0.25, -0.2) is 14.4 Å². The molecule has 1 saturated carbocycles. The third-order valence-corrected chi connectivity index (χ3v) is 6.09. The predicted octanol–water partition coefficient (Wildman–Crippen LogP) is 2.51. The molecular weight excluding hydrogens is 536 g/mol. The molecule has 1 aliphatic carbocycles. The summed E-state index contributed by atoms with van der Waals surface area (Å²) in [5, 5.41) is 36.0. The van der Waals surface area contributed by atoms with Crippen LogP contribution in [-0.4, -0.2) is 54.6 Å². The molecule has 1 aliphatic rings. The summed E-state index contributed by atoms with van der Waals surface area (Å²) in [6, 6.07) is 16.4. The fourth-order valence-corrected chi connectivity index (χ4v) is 3.95. The number of hydrogen-bond donors (Lipinski definition) is 5.